The summed E-state index contributed by atoms with van der Waals surface area (Å²) in [5.41, 5.74) is -1.14. The molecule has 0 radical (unpaired) electrons. The maximum atomic E-state index is 12.2. The van der Waals surface area contributed by atoms with E-state index < -0.39 is 11.6 Å². The van der Waals surface area contributed by atoms with E-state index >= 15 is 0 Å². The minimum absolute atomic E-state index is 0.375. The first-order chi connectivity index (χ1) is 9.87. The van der Waals surface area contributed by atoms with E-state index in [0.717, 1.165) is 0 Å². The van der Waals surface area contributed by atoms with Crippen molar-refractivity contribution in [1.29, 1.82) is 0 Å². The minimum atomic E-state index is -1.14. The molecular formula is C16H14Cl2O3. The zero-order chi connectivity index (χ0) is 15.5. The van der Waals surface area contributed by atoms with Gasteiger partial charge in [-0.05, 0) is 56.3 Å². The monoisotopic (exact) mass is 324 g/mol. The highest BCUT2D eigenvalue weighted by atomic mass is 35.5. The van der Waals surface area contributed by atoms with Crippen LogP contribution in [0.25, 0.3) is 0 Å². The van der Waals surface area contributed by atoms with Gasteiger partial charge in [-0.25, -0.2) is 4.79 Å². The normalized spacial score (nSPS) is 11.0. The maximum absolute atomic E-state index is 12.2. The number of rotatable bonds is 4. The molecule has 0 spiro atoms. The van der Waals surface area contributed by atoms with Crippen LogP contribution in [0, 0.1) is 0 Å². The van der Waals surface area contributed by atoms with Crippen molar-refractivity contribution >= 4 is 29.2 Å². The lowest BCUT2D eigenvalue weighted by Gasteiger charge is -2.24. The van der Waals surface area contributed by atoms with Gasteiger partial charge in [0.2, 0.25) is 5.60 Å². The topological polar surface area (TPSA) is 35.5 Å². The Balaban J connectivity index is 2.07. The molecule has 3 nitrogen and oxygen atoms in total. The Hall–Kier alpha value is -1.71. The summed E-state index contributed by atoms with van der Waals surface area (Å²) in [6, 6.07) is 13.4. The van der Waals surface area contributed by atoms with E-state index in [1.54, 1.807) is 62.4 Å². The summed E-state index contributed by atoms with van der Waals surface area (Å²) in [6.45, 7) is 3.27. The molecule has 0 aliphatic heterocycles. The molecule has 0 heterocycles. The SMILES string of the molecule is CC(C)(Oc1ccc(Cl)cc1)C(=O)Oc1cccc(Cl)c1. The van der Waals surface area contributed by atoms with Crippen molar-refractivity contribution in [3.05, 3.63) is 58.6 Å². The van der Waals surface area contributed by atoms with E-state index in [9.17, 15) is 4.79 Å². The van der Waals surface area contributed by atoms with Crippen LogP contribution in [0.4, 0.5) is 0 Å². The highest BCUT2D eigenvalue weighted by Gasteiger charge is 2.32. The number of carbonyl (C=O) groups excluding carboxylic acids is 1. The standard InChI is InChI=1S/C16H14Cl2O3/c1-16(2,21-13-8-6-11(17)7-9-13)15(19)20-14-5-3-4-12(18)10-14/h3-10H,1-2H3. The summed E-state index contributed by atoms with van der Waals surface area (Å²) in [5, 5.41) is 1.10. The molecule has 0 aromatic heterocycles. The smallest absolute Gasteiger partial charge is 0.355 e. The second kappa shape index (κ2) is 6.37. The molecule has 0 unspecified atom stereocenters. The molecule has 2 aromatic carbocycles. The Labute approximate surface area is 133 Å². The fourth-order valence-electron chi connectivity index (χ4n) is 1.60. The number of hydrogen-bond donors (Lipinski definition) is 0. The summed E-state index contributed by atoms with van der Waals surface area (Å²) >= 11 is 11.7. The summed E-state index contributed by atoms with van der Waals surface area (Å²) in [5.74, 6) is 0.396. The van der Waals surface area contributed by atoms with Gasteiger partial charge in [-0.2, -0.15) is 0 Å². The second-order valence-electron chi connectivity index (χ2n) is 4.91. The van der Waals surface area contributed by atoms with Crippen LogP contribution in [0.5, 0.6) is 11.5 Å². The van der Waals surface area contributed by atoms with Crippen molar-refractivity contribution in [2.45, 2.75) is 19.4 Å². The average Bonchev–Trinajstić information content (AvgIpc) is 2.41. The van der Waals surface area contributed by atoms with Crippen molar-refractivity contribution in [3.63, 3.8) is 0 Å². The molecule has 0 atom stereocenters. The molecule has 2 aromatic rings. The molecule has 0 amide bonds. The van der Waals surface area contributed by atoms with Crippen molar-refractivity contribution in [3.8, 4) is 11.5 Å². The minimum Gasteiger partial charge on any atom is -0.476 e. The lowest BCUT2D eigenvalue weighted by Crippen LogP contribution is -2.41. The van der Waals surface area contributed by atoms with Crippen molar-refractivity contribution in [2.75, 3.05) is 0 Å². The van der Waals surface area contributed by atoms with E-state index in [1.807, 2.05) is 0 Å². The molecule has 5 heteroatoms. The average molecular weight is 325 g/mol. The third-order valence-electron chi connectivity index (χ3n) is 2.68. The Bertz CT molecular complexity index is 636. The summed E-state index contributed by atoms with van der Waals surface area (Å²) < 4.78 is 10.9. The number of carbonyl (C=O) groups is 1. The van der Waals surface area contributed by atoms with Crippen LogP contribution in [0.15, 0.2) is 48.5 Å². The molecule has 2 rings (SSSR count). The van der Waals surface area contributed by atoms with Gasteiger partial charge in [0.15, 0.2) is 0 Å². The summed E-state index contributed by atoms with van der Waals surface area (Å²) in [7, 11) is 0. The highest BCUT2D eigenvalue weighted by molar-refractivity contribution is 6.30. The summed E-state index contributed by atoms with van der Waals surface area (Å²) in [6.07, 6.45) is 0. The number of benzene rings is 2. The molecular weight excluding hydrogens is 311 g/mol. The Kier molecular flexibility index (Phi) is 4.76. The quantitative estimate of drug-likeness (QED) is 0.601. The number of esters is 1. The van der Waals surface area contributed by atoms with Crippen LogP contribution < -0.4 is 9.47 Å². The van der Waals surface area contributed by atoms with E-state index in [1.165, 1.54) is 0 Å². The molecule has 0 bridgehead atoms. The van der Waals surface area contributed by atoms with Gasteiger partial charge in [0.25, 0.3) is 0 Å². The predicted molar refractivity (Wildman–Crippen MR) is 83.2 cm³/mol. The number of halogens is 2. The van der Waals surface area contributed by atoms with Gasteiger partial charge in [-0.15, -0.1) is 0 Å². The zero-order valence-electron chi connectivity index (χ0n) is 11.6. The van der Waals surface area contributed by atoms with Crippen molar-refractivity contribution in [2.24, 2.45) is 0 Å². The first-order valence-corrected chi connectivity index (χ1v) is 7.05. The molecule has 0 aliphatic rings. The van der Waals surface area contributed by atoms with E-state index in [4.69, 9.17) is 32.7 Å². The van der Waals surface area contributed by atoms with Crippen molar-refractivity contribution in [1.82, 2.24) is 0 Å². The molecule has 110 valence electrons. The molecule has 21 heavy (non-hydrogen) atoms. The van der Waals surface area contributed by atoms with Crippen LogP contribution in [0.3, 0.4) is 0 Å². The first-order valence-electron chi connectivity index (χ1n) is 6.29. The Morgan fingerprint density at radius 2 is 1.62 bits per heavy atom. The van der Waals surface area contributed by atoms with Crippen molar-refractivity contribution < 1.29 is 14.3 Å². The van der Waals surface area contributed by atoms with Gasteiger partial charge in [0.1, 0.15) is 11.5 Å². The van der Waals surface area contributed by atoms with Crippen LogP contribution in [-0.2, 0) is 4.79 Å². The lowest BCUT2D eigenvalue weighted by molar-refractivity contribution is -0.149. The Morgan fingerprint density at radius 1 is 0.952 bits per heavy atom. The van der Waals surface area contributed by atoms with E-state index in [0.29, 0.717) is 21.5 Å². The number of hydrogen-bond acceptors (Lipinski definition) is 3. The molecule has 0 N–H and O–H groups in total. The van der Waals surface area contributed by atoms with Crippen LogP contribution in [-0.4, -0.2) is 11.6 Å². The first kappa shape index (κ1) is 15.7. The fraction of sp³-hybridized carbons (Fsp3) is 0.188. The predicted octanol–water partition coefficient (Wildman–Crippen LogP) is 4.76. The van der Waals surface area contributed by atoms with Gasteiger partial charge in [-0.3, -0.25) is 0 Å². The number of ether oxygens (including phenoxy) is 2. The van der Waals surface area contributed by atoms with Gasteiger partial charge in [-0.1, -0.05) is 29.3 Å². The Morgan fingerprint density at radius 3 is 2.24 bits per heavy atom. The zero-order valence-corrected chi connectivity index (χ0v) is 13.1. The van der Waals surface area contributed by atoms with Gasteiger partial charge < -0.3 is 9.47 Å². The van der Waals surface area contributed by atoms with Gasteiger partial charge in [0.05, 0.1) is 0 Å². The molecule has 0 saturated heterocycles. The third kappa shape index (κ3) is 4.38. The van der Waals surface area contributed by atoms with Crippen LogP contribution >= 0.6 is 23.2 Å². The fourth-order valence-corrected chi connectivity index (χ4v) is 1.91. The van der Waals surface area contributed by atoms with Gasteiger partial charge >= 0.3 is 5.97 Å². The lowest BCUT2D eigenvalue weighted by atomic mass is 10.1. The largest absolute Gasteiger partial charge is 0.476 e. The highest BCUT2D eigenvalue weighted by Crippen LogP contribution is 2.24. The van der Waals surface area contributed by atoms with Gasteiger partial charge in [0, 0.05) is 10.0 Å². The van der Waals surface area contributed by atoms with E-state index in [2.05, 4.69) is 0 Å². The molecule has 0 saturated carbocycles. The third-order valence-corrected chi connectivity index (χ3v) is 3.17. The maximum Gasteiger partial charge on any atom is 0.355 e. The van der Waals surface area contributed by atoms with E-state index in [-0.39, 0.29) is 0 Å². The molecule has 0 fully saturated rings. The van der Waals surface area contributed by atoms with Crippen LogP contribution in [0.1, 0.15) is 13.8 Å². The summed E-state index contributed by atoms with van der Waals surface area (Å²) in [4.78, 5) is 12.2. The second-order valence-corrected chi connectivity index (χ2v) is 5.79. The van der Waals surface area contributed by atoms with Crippen LogP contribution in [0.2, 0.25) is 10.0 Å². The molecule has 0 aliphatic carbocycles.